The molecule has 0 spiro atoms. The van der Waals surface area contributed by atoms with Crippen LogP contribution in [0.5, 0.6) is 17.2 Å². The summed E-state index contributed by atoms with van der Waals surface area (Å²) < 4.78 is 5.92. The second-order valence-electron chi connectivity index (χ2n) is 11.3. The SMILES string of the molecule is CCCC(O)CC(O)CC(=O)CCc1cc(OC[NH+]2C=C3C(Cc4cc(C(N)N)ccc4CO)=CN=C3C2)c(O)cc1O. The van der Waals surface area contributed by atoms with Gasteiger partial charge in [-0.25, -0.2) is 0 Å². The maximum absolute atomic E-state index is 12.4. The van der Waals surface area contributed by atoms with Gasteiger partial charge in [-0.1, -0.05) is 31.5 Å². The van der Waals surface area contributed by atoms with Crippen molar-refractivity contribution in [3.8, 4) is 17.2 Å². The number of ketones is 1. The van der Waals surface area contributed by atoms with Crippen molar-refractivity contribution >= 4 is 11.5 Å². The first-order valence-corrected chi connectivity index (χ1v) is 14.7. The quantitative estimate of drug-likeness (QED) is 0.131. The van der Waals surface area contributed by atoms with Gasteiger partial charge >= 0.3 is 0 Å². The van der Waals surface area contributed by atoms with E-state index in [1.807, 2.05) is 37.5 Å². The number of rotatable bonds is 16. The van der Waals surface area contributed by atoms with Gasteiger partial charge in [0.1, 0.15) is 30.0 Å². The number of allylic oxidation sites excluding steroid dienone is 1. The van der Waals surface area contributed by atoms with Gasteiger partial charge in [-0.3, -0.25) is 14.7 Å². The average Bonchev–Trinajstić information content (AvgIpc) is 3.53. The zero-order valence-corrected chi connectivity index (χ0v) is 24.5. The number of quaternary nitrogens is 1. The third kappa shape index (κ3) is 8.50. The van der Waals surface area contributed by atoms with Crippen LogP contribution in [0, 0.1) is 0 Å². The highest BCUT2D eigenvalue weighted by Gasteiger charge is 2.31. The standard InChI is InChI=1S/C32H42N4O7/c1-2-3-24(38)11-26(40)12-25(39)7-6-19-10-31(30(42)13-29(19)41)43-18-36-15-27-23(14-35-28(27)16-36)9-22-8-20(32(33)34)4-5-21(22)17-37/h4-5,8,10,13-15,24,26,32,37-38,40-42H,2-3,6-7,9,11-12,16-18,33-34H2,1H3/p+1. The van der Waals surface area contributed by atoms with Crippen LogP contribution in [-0.2, 0) is 24.2 Å². The zero-order valence-electron chi connectivity index (χ0n) is 24.5. The number of Topliss-reactive ketones (excluding diaryl/α,β-unsaturated/α-hetero) is 1. The molecule has 4 rings (SSSR count). The van der Waals surface area contributed by atoms with Crippen LogP contribution in [0.4, 0.5) is 0 Å². The molecule has 11 nitrogen and oxygen atoms in total. The molecule has 3 atom stereocenters. The Morgan fingerprint density at radius 2 is 1.86 bits per heavy atom. The number of ether oxygens (including phenoxy) is 1. The topological polar surface area (TPSA) is 196 Å². The number of hydrogen-bond donors (Lipinski definition) is 8. The minimum atomic E-state index is -0.912. The number of aromatic hydroxyl groups is 2. The molecule has 0 saturated heterocycles. The molecule has 43 heavy (non-hydrogen) atoms. The third-order valence-corrected chi connectivity index (χ3v) is 7.82. The Kier molecular flexibility index (Phi) is 11.1. The minimum absolute atomic E-state index is 0.0659. The molecule has 0 aliphatic carbocycles. The van der Waals surface area contributed by atoms with Crippen molar-refractivity contribution in [3.63, 3.8) is 0 Å². The molecule has 2 heterocycles. The second-order valence-corrected chi connectivity index (χ2v) is 11.3. The van der Waals surface area contributed by atoms with Gasteiger partial charge in [0, 0.05) is 31.5 Å². The van der Waals surface area contributed by atoms with Gasteiger partial charge < -0.3 is 41.7 Å². The number of phenolic OH excluding ortho intramolecular Hbond substituents is 2. The molecule has 2 aromatic rings. The Morgan fingerprint density at radius 1 is 1.07 bits per heavy atom. The van der Waals surface area contributed by atoms with Gasteiger partial charge in [-0.2, -0.15) is 0 Å². The molecule has 0 bridgehead atoms. The number of aryl methyl sites for hydroxylation is 1. The lowest BCUT2D eigenvalue weighted by Gasteiger charge is -2.15. The van der Waals surface area contributed by atoms with Crippen LogP contribution in [0.1, 0.15) is 67.4 Å². The summed E-state index contributed by atoms with van der Waals surface area (Å²) in [5.74, 6) is -0.357. The van der Waals surface area contributed by atoms with Gasteiger partial charge in [0.25, 0.3) is 0 Å². The Balaban J connectivity index is 1.34. The van der Waals surface area contributed by atoms with Gasteiger partial charge in [-0.15, -0.1) is 0 Å². The van der Waals surface area contributed by atoms with E-state index >= 15 is 0 Å². The molecule has 3 unspecified atom stereocenters. The molecule has 0 amide bonds. The first kappa shape index (κ1) is 32.3. The first-order valence-electron chi connectivity index (χ1n) is 14.7. The lowest BCUT2D eigenvalue weighted by atomic mass is 9.94. The Labute approximate surface area is 251 Å². The van der Waals surface area contributed by atoms with Crippen LogP contribution >= 0.6 is 0 Å². The number of nitrogens with one attached hydrogen (secondary N) is 1. The van der Waals surface area contributed by atoms with E-state index in [1.165, 1.54) is 12.1 Å². The summed E-state index contributed by atoms with van der Waals surface area (Å²) in [6, 6.07) is 8.29. The number of hydrogen-bond acceptors (Lipinski definition) is 10. The van der Waals surface area contributed by atoms with Gasteiger partial charge in [0.2, 0.25) is 6.73 Å². The number of benzene rings is 2. The Bertz CT molecular complexity index is 1400. The Morgan fingerprint density at radius 3 is 2.58 bits per heavy atom. The zero-order chi connectivity index (χ0) is 31.1. The number of nitrogens with zero attached hydrogens (tertiary/aromatic N) is 1. The van der Waals surface area contributed by atoms with Crippen molar-refractivity contribution < 1.29 is 40.0 Å². The maximum atomic E-state index is 12.4. The summed E-state index contributed by atoms with van der Waals surface area (Å²) in [6.07, 6.45) is 4.01. The highest BCUT2D eigenvalue weighted by molar-refractivity contribution is 6.08. The normalized spacial score (nSPS) is 17.4. The molecule has 11 heteroatoms. The molecule has 0 radical (unpaired) electrons. The lowest BCUT2D eigenvalue weighted by molar-refractivity contribution is -0.851. The molecular formula is C32H43N4O7+. The van der Waals surface area contributed by atoms with E-state index < -0.39 is 18.4 Å². The molecule has 0 aromatic heterocycles. The van der Waals surface area contributed by atoms with Crippen molar-refractivity contribution in [2.75, 3.05) is 13.3 Å². The van der Waals surface area contributed by atoms with E-state index in [1.54, 1.807) is 0 Å². The molecule has 10 N–H and O–H groups in total. The lowest BCUT2D eigenvalue weighted by Crippen LogP contribution is -3.07. The van der Waals surface area contributed by atoms with E-state index in [9.17, 15) is 30.3 Å². The van der Waals surface area contributed by atoms with Crippen LogP contribution in [-0.4, -0.2) is 62.5 Å². The van der Waals surface area contributed by atoms with Crippen molar-refractivity contribution in [2.45, 2.75) is 76.9 Å². The third-order valence-electron chi connectivity index (χ3n) is 7.82. The highest BCUT2D eigenvalue weighted by Crippen LogP contribution is 2.34. The van der Waals surface area contributed by atoms with Crippen LogP contribution in [0.25, 0.3) is 0 Å². The van der Waals surface area contributed by atoms with Gasteiger partial charge in [0.05, 0.1) is 30.6 Å². The van der Waals surface area contributed by atoms with E-state index in [0.717, 1.165) is 44.9 Å². The van der Waals surface area contributed by atoms with Gasteiger partial charge in [-0.05, 0) is 53.2 Å². The van der Waals surface area contributed by atoms with E-state index in [0.29, 0.717) is 24.9 Å². The first-order chi connectivity index (χ1) is 20.6. The Hall–Kier alpha value is -3.58. The minimum Gasteiger partial charge on any atom is -0.508 e. The summed E-state index contributed by atoms with van der Waals surface area (Å²) >= 11 is 0. The van der Waals surface area contributed by atoms with E-state index in [2.05, 4.69) is 4.99 Å². The molecule has 2 aliphatic rings. The second kappa shape index (κ2) is 14.7. The fourth-order valence-electron chi connectivity index (χ4n) is 5.45. The fraction of sp³-hybridized carbons (Fsp3) is 0.438. The number of aliphatic hydroxyl groups is 3. The van der Waals surface area contributed by atoms with E-state index in [4.69, 9.17) is 16.2 Å². The summed E-state index contributed by atoms with van der Waals surface area (Å²) in [7, 11) is 0. The smallest absolute Gasteiger partial charge is 0.227 e. The van der Waals surface area contributed by atoms with E-state index in [-0.39, 0.29) is 62.1 Å². The van der Waals surface area contributed by atoms with Crippen molar-refractivity contribution in [3.05, 3.63) is 76.1 Å². The van der Waals surface area contributed by atoms with Crippen LogP contribution < -0.4 is 21.1 Å². The molecule has 232 valence electrons. The number of nitrogens with two attached hydrogens (primary N) is 2. The number of phenols is 2. The molecule has 0 saturated carbocycles. The number of aliphatic imine (C=N–C) groups is 1. The number of fused-ring (bicyclic) bond motifs is 1. The number of carbonyl (C=O) groups is 1. The van der Waals surface area contributed by atoms with Crippen LogP contribution in [0.2, 0.25) is 0 Å². The number of aliphatic hydroxyl groups excluding tert-OH is 3. The van der Waals surface area contributed by atoms with Crippen LogP contribution in [0.3, 0.4) is 0 Å². The monoisotopic (exact) mass is 595 g/mol. The average molecular weight is 596 g/mol. The van der Waals surface area contributed by atoms with Crippen molar-refractivity contribution in [1.29, 1.82) is 0 Å². The summed E-state index contributed by atoms with van der Waals surface area (Å²) in [5.41, 5.74) is 17.6. The fourth-order valence-corrected chi connectivity index (χ4v) is 5.45. The maximum Gasteiger partial charge on any atom is 0.227 e. The summed E-state index contributed by atoms with van der Waals surface area (Å²) in [5, 5.41) is 50.5. The highest BCUT2D eigenvalue weighted by atomic mass is 16.5. The van der Waals surface area contributed by atoms with Crippen molar-refractivity contribution in [1.82, 2.24) is 0 Å². The number of carbonyl (C=O) groups excluding carboxylic acids is 1. The predicted molar refractivity (Wildman–Crippen MR) is 161 cm³/mol. The molecule has 0 fully saturated rings. The predicted octanol–water partition coefficient (Wildman–Crippen LogP) is 1.01. The van der Waals surface area contributed by atoms with Crippen LogP contribution in [0.15, 0.2) is 58.9 Å². The largest absolute Gasteiger partial charge is 0.508 e. The van der Waals surface area contributed by atoms with Gasteiger partial charge in [0.15, 0.2) is 11.5 Å². The summed E-state index contributed by atoms with van der Waals surface area (Å²) in [6.45, 7) is 2.62. The molecule has 2 aromatic carbocycles. The summed E-state index contributed by atoms with van der Waals surface area (Å²) in [4.78, 5) is 17.9. The molecular weight excluding hydrogens is 552 g/mol. The van der Waals surface area contributed by atoms with Crippen molar-refractivity contribution in [2.24, 2.45) is 16.5 Å². The molecule has 2 aliphatic heterocycles.